The second kappa shape index (κ2) is 7.39. The van der Waals surface area contributed by atoms with Gasteiger partial charge in [-0.3, -0.25) is 9.59 Å². The van der Waals surface area contributed by atoms with Gasteiger partial charge in [-0.25, -0.2) is 0 Å². The molecular formula is C14H26N2O2. The monoisotopic (exact) mass is 254 g/mol. The molecule has 1 aliphatic carbocycles. The standard InChI is InChI=1S/C14H26N2O2/c1-10(2)12-4-6-13(7-5-12)14(18)16-9-8-15-11(3)17/h10,12-13H,4-9H2,1-3H3,(H,15,17)(H,16,18). The lowest BCUT2D eigenvalue weighted by Crippen LogP contribution is -2.38. The van der Waals surface area contributed by atoms with Crippen molar-refractivity contribution in [3.05, 3.63) is 0 Å². The van der Waals surface area contributed by atoms with E-state index in [9.17, 15) is 9.59 Å². The Bertz CT molecular complexity index is 282. The Morgan fingerprint density at radius 3 is 2.11 bits per heavy atom. The Kier molecular flexibility index (Phi) is 6.16. The Morgan fingerprint density at radius 2 is 1.61 bits per heavy atom. The molecule has 0 aromatic heterocycles. The molecule has 2 amide bonds. The predicted molar refractivity (Wildman–Crippen MR) is 72.0 cm³/mol. The van der Waals surface area contributed by atoms with Crippen molar-refractivity contribution >= 4 is 11.8 Å². The first kappa shape index (κ1) is 15.0. The molecule has 1 fully saturated rings. The largest absolute Gasteiger partial charge is 0.355 e. The Hall–Kier alpha value is -1.06. The van der Waals surface area contributed by atoms with Crippen molar-refractivity contribution in [2.75, 3.05) is 13.1 Å². The van der Waals surface area contributed by atoms with E-state index in [1.807, 2.05) is 0 Å². The lowest BCUT2D eigenvalue weighted by molar-refractivity contribution is -0.126. The zero-order valence-electron chi connectivity index (χ0n) is 11.8. The fraction of sp³-hybridized carbons (Fsp3) is 0.857. The first-order valence-corrected chi connectivity index (χ1v) is 7.03. The van der Waals surface area contributed by atoms with Crippen LogP contribution in [0.3, 0.4) is 0 Å². The van der Waals surface area contributed by atoms with Gasteiger partial charge in [-0.15, -0.1) is 0 Å². The molecule has 0 saturated heterocycles. The first-order chi connectivity index (χ1) is 8.50. The van der Waals surface area contributed by atoms with E-state index in [4.69, 9.17) is 0 Å². The lowest BCUT2D eigenvalue weighted by Gasteiger charge is -2.30. The second-order valence-corrected chi connectivity index (χ2v) is 5.63. The minimum Gasteiger partial charge on any atom is -0.355 e. The summed E-state index contributed by atoms with van der Waals surface area (Å²) in [6, 6.07) is 0. The van der Waals surface area contributed by atoms with Crippen LogP contribution >= 0.6 is 0 Å². The summed E-state index contributed by atoms with van der Waals surface area (Å²) in [4.78, 5) is 22.6. The maximum Gasteiger partial charge on any atom is 0.223 e. The van der Waals surface area contributed by atoms with Crippen LogP contribution in [-0.2, 0) is 9.59 Å². The third-order valence-electron chi connectivity index (χ3n) is 3.88. The fourth-order valence-electron chi connectivity index (χ4n) is 2.62. The number of amides is 2. The molecule has 0 aromatic rings. The molecule has 1 aliphatic rings. The summed E-state index contributed by atoms with van der Waals surface area (Å²) < 4.78 is 0. The fourth-order valence-corrected chi connectivity index (χ4v) is 2.62. The summed E-state index contributed by atoms with van der Waals surface area (Å²) in [7, 11) is 0. The van der Waals surface area contributed by atoms with Gasteiger partial charge in [0.25, 0.3) is 0 Å². The van der Waals surface area contributed by atoms with Crippen LogP contribution in [0.15, 0.2) is 0 Å². The zero-order chi connectivity index (χ0) is 13.5. The van der Waals surface area contributed by atoms with Gasteiger partial charge in [0.15, 0.2) is 0 Å². The lowest BCUT2D eigenvalue weighted by atomic mass is 9.77. The predicted octanol–water partition coefficient (Wildman–Crippen LogP) is 1.70. The van der Waals surface area contributed by atoms with Crippen molar-refractivity contribution < 1.29 is 9.59 Å². The summed E-state index contributed by atoms with van der Waals surface area (Å²) in [6.45, 7) is 7.05. The number of hydrogen-bond acceptors (Lipinski definition) is 2. The van der Waals surface area contributed by atoms with Gasteiger partial charge in [0.2, 0.25) is 11.8 Å². The molecule has 4 nitrogen and oxygen atoms in total. The van der Waals surface area contributed by atoms with Crippen LogP contribution < -0.4 is 10.6 Å². The van der Waals surface area contributed by atoms with Gasteiger partial charge in [0.05, 0.1) is 0 Å². The molecule has 18 heavy (non-hydrogen) atoms. The van der Waals surface area contributed by atoms with Crippen LogP contribution in [0, 0.1) is 17.8 Å². The molecule has 2 N–H and O–H groups in total. The molecule has 0 heterocycles. The average molecular weight is 254 g/mol. The van der Waals surface area contributed by atoms with Crippen LogP contribution in [-0.4, -0.2) is 24.9 Å². The van der Waals surface area contributed by atoms with E-state index in [0.29, 0.717) is 13.1 Å². The molecule has 104 valence electrons. The number of carbonyl (C=O) groups is 2. The third-order valence-corrected chi connectivity index (χ3v) is 3.88. The van der Waals surface area contributed by atoms with Crippen molar-refractivity contribution in [3.63, 3.8) is 0 Å². The van der Waals surface area contributed by atoms with Gasteiger partial charge in [0, 0.05) is 25.9 Å². The Morgan fingerprint density at radius 1 is 1.06 bits per heavy atom. The van der Waals surface area contributed by atoms with Gasteiger partial charge >= 0.3 is 0 Å². The highest BCUT2D eigenvalue weighted by atomic mass is 16.2. The molecule has 0 bridgehead atoms. The highest BCUT2D eigenvalue weighted by Crippen LogP contribution is 2.33. The Balaban J connectivity index is 2.18. The minimum atomic E-state index is -0.0540. The van der Waals surface area contributed by atoms with Crippen LogP contribution in [0.1, 0.15) is 46.5 Å². The summed E-state index contributed by atoms with van der Waals surface area (Å²) in [5.74, 6) is 1.80. The summed E-state index contributed by atoms with van der Waals surface area (Å²) in [5, 5.41) is 5.57. The number of rotatable bonds is 5. The first-order valence-electron chi connectivity index (χ1n) is 7.03. The highest BCUT2D eigenvalue weighted by Gasteiger charge is 2.27. The van der Waals surface area contributed by atoms with E-state index < -0.39 is 0 Å². The van der Waals surface area contributed by atoms with E-state index >= 15 is 0 Å². The summed E-state index contributed by atoms with van der Waals surface area (Å²) >= 11 is 0. The number of hydrogen-bond donors (Lipinski definition) is 2. The van der Waals surface area contributed by atoms with E-state index in [1.165, 1.54) is 19.8 Å². The summed E-state index contributed by atoms with van der Waals surface area (Å²) in [5.41, 5.74) is 0. The molecular weight excluding hydrogens is 228 g/mol. The van der Waals surface area contributed by atoms with Gasteiger partial charge in [0.1, 0.15) is 0 Å². The molecule has 0 unspecified atom stereocenters. The molecule has 4 heteroatoms. The van der Waals surface area contributed by atoms with Crippen molar-refractivity contribution in [2.45, 2.75) is 46.5 Å². The third kappa shape index (κ3) is 5.07. The average Bonchev–Trinajstić information content (AvgIpc) is 2.34. The maximum absolute atomic E-state index is 11.9. The minimum absolute atomic E-state index is 0.0540. The molecule has 0 radical (unpaired) electrons. The second-order valence-electron chi connectivity index (χ2n) is 5.63. The maximum atomic E-state index is 11.9. The SMILES string of the molecule is CC(=O)NCCNC(=O)C1CCC(C(C)C)CC1. The van der Waals surface area contributed by atoms with Crippen LogP contribution in [0.4, 0.5) is 0 Å². The highest BCUT2D eigenvalue weighted by molar-refractivity contribution is 5.78. The van der Waals surface area contributed by atoms with Crippen molar-refractivity contribution in [1.29, 1.82) is 0 Å². The molecule has 1 rings (SSSR count). The zero-order valence-corrected chi connectivity index (χ0v) is 11.8. The Labute approximate surface area is 110 Å². The van der Waals surface area contributed by atoms with E-state index in [1.54, 1.807) is 0 Å². The van der Waals surface area contributed by atoms with Crippen molar-refractivity contribution in [2.24, 2.45) is 17.8 Å². The summed E-state index contributed by atoms with van der Waals surface area (Å²) in [6.07, 6.45) is 4.35. The normalized spacial score (nSPS) is 23.8. The van der Waals surface area contributed by atoms with Crippen LogP contribution in [0.25, 0.3) is 0 Å². The molecule has 0 aliphatic heterocycles. The van der Waals surface area contributed by atoms with Gasteiger partial charge in [-0.05, 0) is 37.5 Å². The quantitative estimate of drug-likeness (QED) is 0.734. The van der Waals surface area contributed by atoms with E-state index in [2.05, 4.69) is 24.5 Å². The van der Waals surface area contributed by atoms with Gasteiger partial charge < -0.3 is 10.6 Å². The van der Waals surface area contributed by atoms with Crippen LogP contribution in [0.5, 0.6) is 0 Å². The van der Waals surface area contributed by atoms with Crippen molar-refractivity contribution in [3.8, 4) is 0 Å². The van der Waals surface area contributed by atoms with Gasteiger partial charge in [-0.2, -0.15) is 0 Å². The van der Waals surface area contributed by atoms with Crippen LogP contribution in [0.2, 0.25) is 0 Å². The number of carbonyl (C=O) groups excluding carboxylic acids is 2. The number of nitrogens with one attached hydrogen (secondary N) is 2. The molecule has 0 atom stereocenters. The van der Waals surface area contributed by atoms with E-state index in [0.717, 1.165) is 24.7 Å². The molecule has 0 spiro atoms. The molecule has 1 saturated carbocycles. The topological polar surface area (TPSA) is 58.2 Å². The van der Waals surface area contributed by atoms with E-state index in [-0.39, 0.29) is 17.7 Å². The van der Waals surface area contributed by atoms with Crippen molar-refractivity contribution in [1.82, 2.24) is 10.6 Å². The smallest absolute Gasteiger partial charge is 0.223 e. The van der Waals surface area contributed by atoms with Gasteiger partial charge in [-0.1, -0.05) is 13.8 Å². The molecule has 0 aromatic carbocycles.